The van der Waals surface area contributed by atoms with Gasteiger partial charge in [-0.25, -0.2) is 9.13 Å². The molecule has 5 heteroatoms. The van der Waals surface area contributed by atoms with Crippen molar-refractivity contribution in [3.8, 4) is 0 Å². The number of para-hydroxylation sites is 1. The van der Waals surface area contributed by atoms with Crippen LogP contribution < -0.4 is 9.47 Å². The van der Waals surface area contributed by atoms with Gasteiger partial charge in [0.2, 0.25) is 0 Å². The quantitative estimate of drug-likeness (QED) is 0.791. The van der Waals surface area contributed by atoms with E-state index in [0.717, 1.165) is 32.0 Å². The van der Waals surface area contributed by atoms with Gasteiger partial charge in [0, 0.05) is 38.8 Å². The fraction of sp³-hybridized carbons (Fsp3) is 0.412. The Bertz CT molecular complexity index is 642. The lowest BCUT2D eigenvalue weighted by Crippen LogP contribution is -2.49. The molecule has 1 aromatic carbocycles. The maximum Gasteiger partial charge on any atom is 0.264 e. The highest BCUT2D eigenvalue weighted by molar-refractivity contribution is 5.76. The van der Waals surface area contributed by atoms with Crippen LogP contribution in [0.4, 0.5) is 5.69 Å². The van der Waals surface area contributed by atoms with Gasteiger partial charge < -0.3 is 9.80 Å². The van der Waals surface area contributed by atoms with E-state index in [0.29, 0.717) is 6.54 Å². The predicted octanol–water partition coefficient (Wildman–Crippen LogP) is 0.970. The van der Waals surface area contributed by atoms with Crippen molar-refractivity contribution >= 4 is 11.6 Å². The molecule has 1 saturated heterocycles. The van der Waals surface area contributed by atoms with Gasteiger partial charge in [-0.1, -0.05) is 18.2 Å². The van der Waals surface area contributed by atoms with Gasteiger partial charge in [0.15, 0.2) is 6.54 Å². The van der Waals surface area contributed by atoms with Crippen molar-refractivity contribution in [1.82, 2.24) is 9.47 Å². The highest BCUT2D eigenvalue weighted by Crippen LogP contribution is 2.15. The molecule has 0 N–H and O–H groups in total. The fourth-order valence-corrected chi connectivity index (χ4v) is 2.86. The summed E-state index contributed by atoms with van der Waals surface area (Å²) in [6, 6.07) is 10.4. The molecule has 2 aromatic rings. The Morgan fingerprint density at radius 3 is 2.41 bits per heavy atom. The summed E-state index contributed by atoms with van der Waals surface area (Å²) >= 11 is 0. The zero-order valence-corrected chi connectivity index (χ0v) is 13.3. The summed E-state index contributed by atoms with van der Waals surface area (Å²) < 4.78 is 4.03. The maximum atomic E-state index is 12.4. The number of aromatic nitrogens is 2. The highest BCUT2D eigenvalue weighted by atomic mass is 16.2. The first-order valence-corrected chi connectivity index (χ1v) is 7.74. The Morgan fingerprint density at radius 1 is 1.14 bits per heavy atom. The minimum absolute atomic E-state index is 0.201. The van der Waals surface area contributed by atoms with Gasteiger partial charge in [-0.15, -0.1) is 0 Å². The molecule has 116 valence electrons. The van der Waals surface area contributed by atoms with Crippen molar-refractivity contribution in [2.45, 2.75) is 13.5 Å². The van der Waals surface area contributed by atoms with Crippen LogP contribution in [0, 0.1) is 6.92 Å². The number of rotatable bonds is 3. The van der Waals surface area contributed by atoms with Gasteiger partial charge >= 0.3 is 0 Å². The first-order valence-electron chi connectivity index (χ1n) is 7.74. The van der Waals surface area contributed by atoms with Crippen LogP contribution in [0.15, 0.2) is 42.7 Å². The molecule has 5 nitrogen and oxygen atoms in total. The predicted molar refractivity (Wildman–Crippen MR) is 85.6 cm³/mol. The third-order valence-corrected chi connectivity index (χ3v) is 4.46. The molecule has 0 radical (unpaired) electrons. The SMILES string of the molecule is Cc1n(CC(=O)N2CCN(c3ccccc3)CC2)cc[n+]1C. The van der Waals surface area contributed by atoms with Gasteiger partial charge in [0.05, 0.1) is 7.05 Å². The smallest absolute Gasteiger partial charge is 0.264 e. The largest absolute Gasteiger partial charge is 0.368 e. The van der Waals surface area contributed by atoms with Crippen LogP contribution in [0.1, 0.15) is 5.82 Å². The number of amides is 1. The Balaban J connectivity index is 1.57. The van der Waals surface area contributed by atoms with Crippen molar-refractivity contribution in [3.05, 3.63) is 48.5 Å². The lowest BCUT2D eigenvalue weighted by atomic mass is 10.2. The van der Waals surface area contributed by atoms with Crippen LogP contribution in [0.3, 0.4) is 0 Å². The first kappa shape index (κ1) is 14.6. The molecule has 0 unspecified atom stereocenters. The Kier molecular flexibility index (Phi) is 4.13. The summed E-state index contributed by atoms with van der Waals surface area (Å²) in [6.07, 6.45) is 3.95. The molecule has 1 aliphatic rings. The van der Waals surface area contributed by atoms with Crippen molar-refractivity contribution in [1.29, 1.82) is 0 Å². The van der Waals surface area contributed by atoms with Gasteiger partial charge in [-0.05, 0) is 12.1 Å². The van der Waals surface area contributed by atoms with Crippen molar-refractivity contribution < 1.29 is 9.36 Å². The molecule has 1 aromatic heterocycles. The number of carbonyl (C=O) groups excluding carboxylic acids is 1. The Hall–Kier alpha value is -2.30. The van der Waals surface area contributed by atoms with Crippen LogP contribution in [-0.4, -0.2) is 41.6 Å². The number of hydrogen-bond donors (Lipinski definition) is 0. The third-order valence-electron chi connectivity index (χ3n) is 4.46. The average molecular weight is 299 g/mol. The lowest BCUT2D eigenvalue weighted by Gasteiger charge is -2.35. The summed E-state index contributed by atoms with van der Waals surface area (Å²) in [5, 5.41) is 0. The molecule has 0 aliphatic carbocycles. The van der Waals surface area contributed by atoms with Crippen LogP contribution in [0.25, 0.3) is 0 Å². The minimum Gasteiger partial charge on any atom is -0.368 e. The maximum absolute atomic E-state index is 12.4. The number of anilines is 1. The van der Waals surface area contributed by atoms with E-state index in [1.54, 1.807) is 0 Å². The van der Waals surface area contributed by atoms with Gasteiger partial charge in [0.1, 0.15) is 12.4 Å². The van der Waals surface area contributed by atoms with Crippen LogP contribution in [0.5, 0.6) is 0 Å². The van der Waals surface area contributed by atoms with E-state index in [4.69, 9.17) is 0 Å². The molecule has 0 saturated carbocycles. The highest BCUT2D eigenvalue weighted by Gasteiger charge is 2.23. The fourth-order valence-electron chi connectivity index (χ4n) is 2.86. The number of aryl methyl sites for hydroxylation is 1. The molecule has 3 rings (SSSR count). The van der Waals surface area contributed by atoms with E-state index in [2.05, 4.69) is 29.2 Å². The first-order chi connectivity index (χ1) is 10.6. The number of carbonyl (C=O) groups is 1. The second-order valence-corrected chi connectivity index (χ2v) is 5.79. The van der Waals surface area contributed by atoms with E-state index in [1.807, 2.05) is 46.5 Å². The molecule has 0 atom stereocenters. The normalized spacial score (nSPS) is 15.2. The second kappa shape index (κ2) is 6.22. The van der Waals surface area contributed by atoms with Gasteiger partial charge in [0.25, 0.3) is 11.7 Å². The number of hydrogen-bond acceptors (Lipinski definition) is 2. The molecular formula is C17H23N4O+. The summed E-state index contributed by atoms with van der Waals surface area (Å²) in [4.78, 5) is 16.8. The summed E-state index contributed by atoms with van der Waals surface area (Å²) in [7, 11) is 1.99. The summed E-state index contributed by atoms with van der Waals surface area (Å²) in [5.41, 5.74) is 1.24. The molecule has 1 fully saturated rings. The standard InChI is InChI=1S/C17H23N4O/c1-15-18(2)8-9-21(15)14-17(22)20-12-10-19(11-13-20)16-6-4-3-5-7-16/h3-9H,10-14H2,1-2H3/q+1. The van der Waals surface area contributed by atoms with E-state index in [1.165, 1.54) is 5.69 Å². The third kappa shape index (κ3) is 2.98. The molecule has 0 bridgehead atoms. The molecule has 1 aliphatic heterocycles. The van der Waals surface area contributed by atoms with E-state index >= 15 is 0 Å². The minimum atomic E-state index is 0.201. The average Bonchev–Trinajstić information content (AvgIpc) is 2.88. The summed E-state index contributed by atoms with van der Waals surface area (Å²) in [5.74, 6) is 1.29. The topological polar surface area (TPSA) is 32.4 Å². The number of nitrogens with zero attached hydrogens (tertiary/aromatic N) is 4. The van der Waals surface area contributed by atoms with E-state index in [-0.39, 0.29) is 5.91 Å². The Labute approximate surface area is 131 Å². The summed E-state index contributed by atoms with van der Waals surface area (Å²) in [6.45, 7) is 5.83. The molecule has 22 heavy (non-hydrogen) atoms. The lowest BCUT2D eigenvalue weighted by molar-refractivity contribution is -0.677. The van der Waals surface area contributed by atoms with Gasteiger partial charge in [-0.3, -0.25) is 4.79 Å². The second-order valence-electron chi connectivity index (χ2n) is 5.79. The van der Waals surface area contributed by atoms with Crippen LogP contribution >= 0.6 is 0 Å². The molecule has 1 amide bonds. The molecule has 0 spiro atoms. The van der Waals surface area contributed by atoms with Crippen molar-refractivity contribution in [2.24, 2.45) is 7.05 Å². The zero-order chi connectivity index (χ0) is 15.5. The zero-order valence-electron chi connectivity index (χ0n) is 13.3. The van der Waals surface area contributed by atoms with Crippen LogP contribution in [-0.2, 0) is 18.4 Å². The van der Waals surface area contributed by atoms with Crippen molar-refractivity contribution in [3.63, 3.8) is 0 Å². The Morgan fingerprint density at radius 2 is 1.82 bits per heavy atom. The van der Waals surface area contributed by atoms with E-state index < -0.39 is 0 Å². The van der Waals surface area contributed by atoms with Crippen LogP contribution in [0.2, 0.25) is 0 Å². The van der Waals surface area contributed by atoms with E-state index in [9.17, 15) is 4.79 Å². The molecular weight excluding hydrogens is 276 g/mol. The monoisotopic (exact) mass is 299 g/mol. The molecule has 2 heterocycles. The number of piperazine rings is 1. The van der Waals surface area contributed by atoms with Crippen molar-refractivity contribution in [2.75, 3.05) is 31.1 Å². The number of benzene rings is 1. The van der Waals surface area contributed by atoms with Gasteiger partial charge in [-0.2, -0.15) is 0 Å². The number of imidazole rings is 1.